The quantitative estimate of drug-likeness (QED) is 0.824. The van der Waals surface area contributed by atoms with Gasteiger partial charge in [-0.2, -0.15) is 0 Å². The molecule has 0 amide bonds. The third-order valence-electron chi connectivity index (χ3n) is 4.77. The number of ether oxygens (including phenoxy) is 1. The normalized spacial score (nSPS) is 27.9. The molecule has 108 valence electrons. The van der Waals surface area contributed by atoms with Crippen molar-refractivity contribution < 1.29 is 4.74 Å². The van der Waals surface area contributed by atoms with Crippen LogP contribution in [0.25, 0.3) is 0 Å². The number of hydrogen-bond donors (Lipinski definition) is 1. The van der Waals surface area contributed by atoms with Gasteiger partial charge in [0.05, 0.1) is 12.8 Å². The topological polar surface area (TPSA) is 21.3 Å². The first-order valence-corrected chi connectivity index (χ1v) is 7.61. The Labute approximate surface area is 122 Å². The van der Waals surface area contributed by atoms with Crippen LogP contribution in [-0.2, 0) is 5.41 Å². The minimum absolute atomic E-state index is 0.165. The van der Waals surface area contributed by atoms with E-state index >= 15 is 0 Å². The molecule has 1 N–H and O–H groups in total. The summed E-state index contributed by atoms with van der Waals surface area (Å²) in [7, 11) is 1.75. The van der Waals surface area contributed by atoms with Crippen molar-refractivity contribution in [2.24, 2.45) is 11.8 Å². The van der Waals surface area contributed by atoms with E-state index < -0.39 is 0 Å². The molecule has 0 spiro atoms. The molecule has 0 aliphatic heterocycles. The second kappa shape index (κ2) is 4.83. The molecule has 1 aromatic carbocycles. The van der Waals surface area contributed by atoms with Crippen LogP contribution in [0, 0.1) is 11.8 Å². The Hall–Kier alpha value is -1.44. The first-order valence-electron chi connectivity index (χ1n) is 7.61. The number of rotatable bonds is 3. The Bertz CT molecular complexity index is 527. The van der Waals surface area contributed by atoms with E-state index in [1.807, 2.05) is 0 Å². The average molecular weight is 271 g/mol. The Balaban J connectivity index is 1.82. The van der Waals surface area contributed by atoms with E-state index in [0.717, 1.165) is 23.3 Å². The second-order valence-corrected chi connectivity index (χ2v) is 7.15. The number of benzene rings is 1. The molecule has 1 aromatic rings. The zero-order valence-electron chi connectivity index (χ0n) is 12.9. The summed E-state index contributed by atoms with van der Waals surface area (Å²) in [5.74, 6) is 2.55. The van der Waals surface area contributed by atoms with Gasteiger partial charge in [-0.3, -0.25) is 0 Å². The van der Waals surface area contributed by atoms with Gasteiger partial charge in [0.1, 0.15) is 5.75 Å². The van der Waals surface area contributed by atoms with E-state index in [1.54, 1.807) is 7.11 Å². The largest absolute Gasteiger partial charge is 0.495 e. The van der Waals surface area contributed by atoms with Gasteiger partial charge in [-0.15, -0.1) is 0 Å². The predicted molar refractivity (Wildman–Crippen MR) is 84.5 cm³/mol. The van der Waals surface area contributed by atoms with E-state index in [1.165, 1.54) is 18.4 Å². The van der Waals surface area contributed by atoms with Crippen LogP contribution in [0.5, 0.6) is 5.75 Å². The molecule has 0 heterocycles. The molecule has 3 rings (SSSR count). The lowest BCUT2D eigenvalue weighted by atomic mass is 9.71. The van der Waals surface area contributed by atoms with E-state index in [4.69, 9.17) is 4.74 Å². The van der Waals surface area contributed by atoms with Crippen molar-refractivity contribution in [2.45, 2.75) is 45.1 Å². The van der Waals surface area contributed by atoms with Crippen LogP contribution in [-0.4, -0.2) is 13.2 Å². The van der Waals surface area contributed by atoms with Crippen LogP contribution in [0.15, 0.2) is 30.4 Å². The van der Waals surface area contributed by atoms with Crippen molar-refractivity contribution in [3.63, 3.8) is 0 Å². The highest BCUT2D eigenvalue weighted by Gasteiger charge is 2.41. The van der Waals surface area contributed by atoms with Crippen molar-refractivity contribution in [3.8, 4) is 5.75 Å². The highest BCUT2D eigenvalue weighted by Crippen LogP contribution is 2.45. The van der Waals surface area contributed by atoms with Crippen LogP contribution < -0.4 is 10.1 Å². The number of allylic oxidation sites excluding steroid dienone is 1. The summed E-state index contributed by atoms with van der Waals surface area (Å²) in [5.41, 5.74) is 2.65. The summed E-state index contributed by atoms with van der Waals surface area (Å²) in [6.07, 6.45) is 7.26. The lowest BCUT2D eigenvalue weighted by Crippen LogP contribution is -2.43. The number of methoxy groups -OCH3 is 1. The Morgan fingerprint density at radius 3 is 2.70 bits per heavy atom. The van der Waals surface area contributed by atoms with Crippen LogP contribution in [0.4, 0.5) is 5.69 Å². The standard InChI is InChI=1S/C18H25NO/c1-18(2,3)13-8-9-17(20-4)16(11-13)19-15-10-12-6-5-7-14(12)15/h5,7-9,11-12,14-15,19H,6,10H2,1-4H3. The maximum atomic E-state index is 5.51. The lowest BCUT2D eigenvalue weighted by Gasteiger charge is -2.41. The van der Waals surface area contributed by atoms with E-state index in [2.05, 4.69) is 56.4 Å². The van der Waals surface area contributed by atoms with Crippen LogP contribution >= 0.6 is 0 Å². The highest BCUT2D eigenvalue weighted by atomic mass is 16.5. The molecule has 2 aliphatic carbocycles. The maximum Gasteiger partial charge on any atom is 0.141 e. The lowest BCUT2D eigenvalue weighted by molar-refractivity contribution is 0.217. The number of nitrogens with one attached hydrogen (secondary N) is 1. The fraction of sp³-hybridized carbons (Fsp3) is 0.556. The summed E-state index contributed by atoms with van der Waals surface area (Å²) in [5, 5.41) is 3.71. The molecule has 1 saturated carbocycles. The molecular formula is C18H25NO. The number of anilines is 1. The minimum atomic E-state index is 0.165. The molecule has 0 aromatic heterocycles. The van der Waals surface area contributed by atoms with Crippen molar-refractivity contribution in [3.05, 3.63) is 35.9 Å². The fourth-order valence-corrected chi connectivity index (χ4v) is 3.37. The number of fused-ring (bicyclic) bond motifs is 1. The highest BCUT2D eigenvalue weighted by molar-refractivity contribution is 5.60. The predicted octanol–water partition coefficient (Wildman–Crippen LogP) is 4.37. The van der Waals surface area contributed by atoms with Crippen molar-refractivity contribution >= 4 is 5.69 Å². The summed E-state index contributed by atoms with van der Waals surface area (Å²) in [6, 6.07) is 7.08. The van der Waals surface area contributed by atoms with Gasteiger partial charge >= 0.3 is 0 Å². The number of hydrogen-bond acceptors (Lipinski definition) is 2. The molecule has 3 unspecified atom stereocenters. The Morgan fingerprint density at radius 1 is 1.25 bits per heavy atom. The van der Waals surface area contributed by atoms with Gasteiger partial charge in [-0.25, -0.2) is 0 Å². The third kappa shape index (κ3) is 2.32. The van der Waals surface area contributed by atoms with Crippen LogP contribution in [0.2, 0.25) is 0 Å². The third-order valence-corrected chi connectivity index (χ3v) is 4.77. The Morgan fingerprint density at radius 2 is 2.05 bits per heavy atom. The van der Waals surface area contributed by atoms with Gasteiger partial charge in [-0.1, -0.05) is 39.0 Å². The van der Waals surface area contributed by atoms with E-state index in [9.17, 15) is 0 Å². The molecule has 1 fully saturated rings. The van der Waals surface area contributed by atoms with Gasteiger partial charge in [0, 0.05) is 12.0 Å². The Kier molecular flexibility index (Phi) is 3.27. The van der Waals surface area contributed by atoms with Gasteiger partial charge in [0.2, 0.25) is 0 Å². The van der Waals surface area contributed by atoms with Crippen molar-refractivity contribution in [2.75, 3.05) is 12.4 Å². The van der Waals surface area contributed by atoms with Gasteiger partial charge < -0.3 is 10.1 Å². The molecule has 2 heteroatoms. The van der Waals surface area contributed by atoms with E-state index in [0.29, 0.717) is 6.04 Å². The molecule has 0 bridgehead atoms. The van der Waals surface area contributed by atoms with Crippen LogP contribution in [0.3, 0.4) is 0 Å². The molecular weight excluding hydrogens is 246 g/mol. The van der Waals surface area contributed by atoms with Gasteiger partial charge in [0.25, 0.3) is 0 Å². The first-order chi connectivity index (χ1) is 9.49. The second-order valence-electron chi connectivity index (χ2n) is 7.15. The van der Waals surface area contributed by atoms with Crippen molar-refractivity contribution in [1.82, 2.24) is 0 Å². The SMILES string of the molecule is COc1ccc(C(C)(C)C)cc1NC1CC2CC=CC21. The van der Waals surface area contributed by atoms with Gasteiger partial charge in [-0.05, 0) is 41.9 Å². The molecule has 0 saturated heterocycles. The summed E-state index contributed by atoms with van der Waals surface area (Å²) < 4.78 is 5.51. The van der Waals surface area contributed by atoms with Crippen molar-refractivity contribution in [1.29, 1.82) is 0 Å². The first kappa shape index (κ1) is 13.5. The molecule has 2 nitrogen and oxygen atoms in total. The minimum Gasteiger partial charge on any atom is -0.495 e. The van der Waals surface area contributed by atoms with E-state index in [-0.39, 0.29) is 5.41 Å². The molecule has 20 heavy (non-hydrogen) atoms. The van der Waals surface area contributed by atoms with Crippen LogP contribution in [0.1, 0.15) is 39.2 Å². The molecule has 2 aliphatic rings. The average Bonchev–Trinajstić information content (AvgIpc) is 2.76. The fourth-order valence-electron chi connectivity index (χ4n) is 3.37. The zero-order valence-corrected chi connectivity index (χ0v) is 12.9. The van der Waals surface area contributed by atoms with Gasteiger partial charge in [0.15, 0.2) is 0 Å². The summed E-state index contributed by atoms with van der Waals surface area (Å²) >= 11 is 0. The summed E-state index contributed by atoms with van der Waals surface area (Å²) in [4.78, 5) is 0. The molecule has 0 radical (unpaired) electrons. The maximum absolute atomic E-state index is 5.51. The smallest absolute Gasteiger partial charge is 0.141 e. The zero-order chi connectivity index (χ0) is 14.3. The monoisotopic (exact) mass is 271 g/mol. The summed E-state index contributed by atoms with van der Waals surface area (Å²) in [6.45, 7) is 6.74. The molecule has 3 atom stereocenters.